The maximum Gasteiger partial charge on any atom is 0.338 e. The molecule has 4 nitrogen and oxygen atoms in total. The molecule has 1 aliphatic carbocycles. The zero-order chi connectivity index (χ0) is 18.4. The van der Waals surface area contributed by atoms with Crippen LogP contribution in [0.4, 0.5) is 8.78 Å². The van der Waals surface area contributed by atoms with E-state index in [1.807, 2.05) is 6.07 Å². The summed E-state index contributed by atoms with van der Waals surface area (Å²) in [5.41, 5.74) is 5.63. The van der Waals surface area contributed by atoms with Crippen LogP contribution < -0.4 is 5.73 Å². The molecule has 0 spiro atoms. The van der Waals surface area contributed by atoms with Gasteiger partial charge in [0.25, 0.3) is 0 Å². The lowest BCUT2D eigenvalue weighted by Crippen LogP contribution is -2.17. The van der Waals surface area contributed by atoms with Gasteiger partial charge in [0, 0.05) is 0 Å². The minimum atomic E-state index is -1.40. The van der Waals surface area contributed by atoms with Crippen molar-refractivity contribution in [1.29, 1.82) is 0 Å². The maximum absolute atomic E-state index is 13.0. The summed E-state index contributed by atoms with van der Waals surface area (Å²) in [7, 11) is 0. The summed E-state index contributed by atoms with van der Waals surface area (Å²) >= 11 is 0. The summed E-state index contributed by atoms with van der Waals surface area (Å²) in [6.07, 6.45) is 3.45. The normalized spacial score (nSPS) is 12.9. The van der Waals surface area contributed by atoms with Gasteiger partial charge in [-0.15, -0.1) is 0 Å². The largest absolute Gasteiger partial charge is 0.478 e. The molecule has 1 fully saturated rings. The molecule has 1 aliphatic rings. The predicted molar refractivity (Wildman–Crippen MR) is 89.1 cm³/mol. The molecule has 0 bridgehead atoms. The van der Waals surface area contributed by atoms with Gasteiger partial charge in [0.1, 0.15) is 11.6 Å². The van der Waals surface area contributed by atoms with Gasteiger partial charge in [-0.2, -0.15) is 0 Å². The molecule has 0 aromatic heterocycles. The first-order valence-corrected chi connectivity index (χ1v) is 7.90. The van der Waals surface area contributed by atoms with Crippen molar-refractivity contribution in [2.75, 3.05) is 0 Å². The standard InChI is InChI=1S/C10H11F.C9H8FNO3/c11-10-3-1-2-9(7-10)6-8-4-5-8;10-6-3-1-2-5(4-7(11)12)8(6)9(13)14/h1-3,7-8H,4-6H2;1-3H,4H2,(H2,11,12)(H,13,14). The smallest absolute Gasteiger partial charge is 0.338 e. The van der Waals surface area contributed by atoms with E-state index in [0.717, 1.165) is 24.0 Å². The Balaban J connectivity index is 0.000000185. The molecule has 3 N–H and O–H groups in total. The van der Waals surface area contributed by atoms with Crippen LogP contribution >= 0.6 is 0 Å². The van der Waals surface area contributed by atoms with Crippen LogP contribution in [-0.4, -0.2) is 17.0 Å². The quantitative estimate of drug-likeness (QED) is 0.870. The maximum atomic E-state index is 13.0. The van der Waals surface area contributed by atoms with E-state index in [-0.39, 0.29) is 17.8 Å². The van der Waals surface area contributed by atoms with E-state index in [9.17, 15) is 18.4 Å². The summed E-state index contributed by atoms with van der Waals surface area (Å²) in [5, 5.41) is 8.67. The van der Waals surface area contributed by atoms with Gasteiger partial charge in [-0.3, -0.25) is 4.79 Å². The van der Waals surface area contributed by atoms with Gasteiger partial charge in [0.05, 0.1) is 12.0 Å². The van der Waals surface area contributed by atoms with E-state index in [1.54, 1.807) is 12.1 Å². The molecule has 0 unspecified atom stereocenters. The molecule has 0 atom stereocenters. The van der Waals surface area contributed by atoms with E-state index in [1.165, 1.54) is 31.0 Å². The Morgan fingerprint density at radius 3 is 2.36 bits per heavy atom. The molecule has 0 heterocycles. The molecular weight excluding hydrogens is 328 g/mol. The van der Waals surface area contributed by atoms with Crippen molar-refractivity contribution in [3.63, 3.8) is 0 Å². The Labute approximate surface area is 144 Å². The number of carbonyl (C=O) groups excluding carboxylic acids is 1. The fourth-order valence-electron chi connectivity index (χ4n) is 2.46. The monoisotopic (exact) mass is 347 g/mol. The van der Waals surface area contributed by atoms with Crippen LogP contribution in [0.25, 0.3) is 0 Å². The van der Waals surface area contributed by atoms with Crippen molar-refractivity contribution in [3.8, 4) is 0 Å². The van der Waals surface area contributed by atoms with Gasteiger partial charge in [-0.1, -0.05) is 24.3 Å². The number of carboxylic acids is 1. The van der Waals surface area contributed by atoms with Crippen LogP contribution in [-0.2, 0) is 17.6 Å². The van der Waals surface area contributed by atoms with Crippen LogP contribution in [0.5, 0.6) is 0 Å². The number of nitrogens with two attached hydrogens (primary N) is 1. The van der Waals surface area contributed by atoms with E-state index >= 15 is 0 Å². The topological polar surface area (TPSA) is 80.4 Å². The lowest BCUT2D eigenvalue weighted by molar-refractivity contribution is -0.117. The highest BCUT2D eigenvalue weighted by atomic mass is 19.1. The molecule has 0 radical (unpaired) electrons. The van der Waals surface area contributed by atoms with Crippen LogP contribution in [0.1, 0.15) is 34.3 Å². The summed E-state index contributed by atoms with van der Waals surface area (Å²) < 4.78 is 25.7. The first-order valence-electron chi connectivity index (χ1n) is 7.90. The third kappa shape index (κ3) is 5.99. The van der Waals surface area contributed by atoms with Crippen LogP contribution in [0.3, 0.4) is 0 Å². The van der Waals surface area contributed by atoms with Gasteiger partial charge in [0.2, 0.25) is 5.91 Å². The number of carboxylic acid groups (broad SMARTS) is 1. The summed E-state index contributed by atoms with van der Waals surface area (Å²) in [4.78, 5) is 21.2. The molecule has 132 valence electrons. The van der Waals surface area contributed by atoms with Crippen molar-refractivity contribution >= 4 is 11.9 Å². The third-order valence-electron chi connectivity index (χ3n) is 3.79. The zero-order valence-corrected chi connectivity index (χ0v) is 13.5. The van der Waals surface area contributed by atoms with Crippen molar-refractivity contribution < 1.29 is 23.5 Å². The second-order valence-corrected chi connectivity index (χ2v) is 6.00. The van der Waals surface area contributed by atoms with Gasteiger partial charge in [-0.25, -0.2) is 13.6 Å². The molecule has 0 saturated heterocycles. The number of amides is 1. The van der Waals surface area contributed by atoms with Crippen molar-refractivity contribution in [3.05, 3.63) is 70.8 Å². The summed E-state index contributed by atoms with van der Waals surface area (Å²) in [5.74, 6) is -2.23. The van der Waals surface area contributed by atoms with Crippen LogP contribution in [0, 0.1) is 17.6 Å². The first kappa shape index (κ1) is 18.6. The number of aromatic carboxylic acids is 1. The molecule has 3 rings (SSSR count). The van der Waals surface area contributed by atoms with Crippen molar-refractivity contribution in [2.24, 2.45) is 11.7 Å². The number of hydrogen-bond acceptors (Lipinski definition) is 2. The Morgan fingerprint density at radius 1 is 1.12 bits per heavy atom. The predicted octanol–water partition coefficient (Wildman–Crippen LogP) is 3.33. The van der Waals surface area contributed by atoms with Crippen LogP contribution in [0.15, 0.2) is 42.5 Å². The molecular formula is C19H19F2NO3. The molecule has 1 saturated carbocycles. The number of hydrogen-bond donors (Lipinski definition) is 2. The highest BCUT2D eigenvalue weighted by Gasteiger charge is 2.21. The van der Waals surface area contributed by atoms with E-state index < -0.39 is 23.3 Å². The minimum Gasteiger partial charge on any atom is -0.478 e. The second kappa shape index (κ2) is 8.37. The van der Waals surface area contributed by atoms with Crippen LogP contribution in [0.2, 0.25) is 0 Å². The van der Waals surface area contributed by atoms with Gasteiger partial charge in [-0.05, 0) is 54.5 Å². The van der Waals surface area contributed by atoms with E-state index in [0.29, 0.717) is 0 Å². The SMILES string of the molecule is Fc1cccc(CC2CC2)c1.NC(=O)Cc1cccc(F)c1C(=O)O. The van der Waals surface area contributed by atoms with Gasteiger partial charge < -0.3 is 10.8 Å². The lowest BCUT2D eigenvalue weighted by atomic mass is 10.0. The third-order valence-corrected chi connectivity index (χ3v) is 3.79. The molecule has 6 heteroatoms. The zero-order valence-electron chi connectivity index (χ0n) is 13.5. The Bertz CT molecular complexity index is 773. The molecule has 2 aromatic rings. The summed E-state index contributed by atoms with van der Waals surface area (Å²) in [6.45, 7) is 0. The molecule has 1 amide bonds. The summed E-state index contributed by atoms with van der Waals surface area (Å²) in [6, 6.07) is 10.6. The minimum absolute atomic E-state index is 0.0880. The number of benzene rings is 2. The number of rotatable bonds is 5. The first-order chi connectivity index (χ1) is 11.9. The average Bonchev–Trinajstić information content (AvgIpc) is 3.31. The van der Waals surface area contributed by atoms with Gasteiger partial charge in [0.15, 0.2) is 0 Å². The molecule has 0 aliphatic heterocycles. The second-order valence-electron chi connectivity index (χ2n) is 6.00. The fourth-order valence-corrected chi connectivity index (χ4v) is 2.46. The van der Waals surface area contributed by atoms with Crippen molar-refractivity contribution in [1.82, 2.24) is 0 Å². The molecule has 2 aromatic carbocycles. The van der Waals surface area contributed by atoms with E-state index in [2.05, 4.69) is 0 Å². The average molecular weight is 347 g/mol. The Hall–Kier alpha value is -2.76. The van der Waals surface area contributed by atoms with Crippen molar-refractivity contribution in [2.45, 2.75) is 25.7 Å². The number of carbonyl (C=O) groups is 2. The molecule has 25 heavy (non-hydrogen) atoms. The van der Waals surface area contributed by atoms with Gasteiger partial charge >= 0.3 is 5.97 Å². The fraction of sp³-hybridized carbons (Fsp3) is 0.263. The Kier molecular flexibility index (Phi) is 6.22. The number of primary amides is 1. The van der Waals surface area contributed by atoms with E-state index in [4.69, 9.17) is 10.8 Å². The Morgan fingerprint density at radius 2 is 1.80 bits per heavy atom. The lowest BCUT2D eigenvalue weighted by Gasteiger charge is -2.03. The highest BCUT2D eigenvalue weighted by Crippen LogP contribution is 2.32. The number of halogens is 2. The highest BCUT2D eigenvalue weighted by molar-refractivity contribution is 5.91.